The first-order chi connectivity index (χ1) is 12.6. The fourth-order valence-corrected chi connectivity index (χ4v) is 2.63. The van der Waals surface area contributed by atoms with Gasteiger partial charge in [0.2, 0.25) is 0 Å². The van der Waals surface area contributed by atoms with E-state index in [0.717, 1.165) is 0 Å². The average Bonchev–Trinajstić information content (AvgIpc) is 2.63. The van der Waals surface area contributed by atoms with Crippen LogP contribution < -0.4 is 20.4 Å². The van der Waals surface area contributed by atoms with Gasteiger partial charge in [0.15, 0.2) is 0 Å². The van der Waals surface area contributed by atoms with E-state index >= 15 is 0 Å². The van der Waals surface area contributed by atoms with Gasteiger partial charge in [0, 0.05) is 17.5 Å². The van der Waals surface area contributed by atoms with Crippen LogP contribution in [-0.4, -0.2) is 19.1 Å². The highest BCUT2D eigenvalue weighted by molar-refractivity contribution is 6.12. The molecule has 0 atom stereocenters. The quantitative estimate of drug-likeness (QED) is 0.681. The predicted molar refractivity (Wildman–Crippen MR) is 99.2 cm³/mol. The Morgan fingerprint density at radius 1 is 1.04 bits per heavy atom. The van der Waals surface area contributed by atoms with Gasteiger partial charge in [0.1, 0.15) is 17.1 Å². The number of amides is 1. The lowest BCUT2D eigenvalue weighted by atomic mass is 10.1. The molecule has 3 rings (SSSR count). The fraction of sp³-hybridized carbons (Fsp3) is 0.200. The van der Waals surface area contributed by atoms with E-state index in [0.29, 0.717) is 41.4 Å². The summed E-state index contributed by atoms with van der Waals surface area (Å²) >= 11 is 0. The second-order valence-electron chi connectivity index (χ2n) is 5.45. The third kappa shape index (κ3) is 3.69. The van der Waals surface area contributed by atoms with Crippen molar-refractivity contribution in [2.45, 2.75) is 13.8 Å². The van der Waals surface area contributed by atoms with Gasteiger partial charge in [-0.15, -0.1) is 0 Å². The monoisotopic (exact) mass is 353 g/mol. The van der Waals surface area contributed by atoms with Gasteiger partial charge in [0.25, 0.3) is 5.91 Å². The molecule has 0 saturated heterocycles. The van der Waals surface area contributed by atoms with Crippen LogP contribution in [0.4, 0.5) is 5.69 Å². The summed E-state index contributed by atoms with van der Waals surface area (Å²) in [6.07, 6.45) is 0. The number of hydrogen-bond acceptors (Lipinski definition) is 5. The van der Waals surface area contributed by atoms with Crippen LogP contribution in [0.3, 0.4) is 0 Å². The van der Waals surface area contributed by atoms with Crippen LogP contribution in [-0.2, 0) is 0 Å². The number of nitrogens with one attached hydrogen (secondary N) is 1. The molecule has 6 nitrogen and oxygen atoms in total. The lowest BCUT2D eigenvalue weighted by Crippen LogP contribution is -2.16. The zero-order valence-corrected chi connectivity index (χ0v) is 14.6. The molecule has 0 unspecified atom stereocenters. The van der Waals surface area contributed by atoms with Crippen LogP contribution in [0.15, 0.2) is 57.7 Å². The van der Waals surface area contributed by atoms with Gasteiger partial charge < -0.3 is 19.2 Å². The Balaban J connectivity index is 1.99. The largest absolute Gasteiger partial charge is 0.494 e. The van der Waals surface area contributed by atoms with Crippen LogP contribution >= 0.6 is 0 Å². The molecule has 0 spiro atoms. The Morgan fingerprint density at radius 3 is 2.58 bits per heavy atom. The molecule has 134 valence electrons. The van der Waals surface area contributed by atoms with Gasteiger partial charge in [-0.25, -0.2) is 4.79 Å². The molecule has 3 aromatic rings. The molecular weight excluding hydrogens is 334 g/mol. The molecule has 0 aliphatic heterocycles. The molecule has 0 aliphatic carbocycles. The number of anilines is 1. The van der Waals surface area contributed by atoms with Crippen LogP contribution in [0.1, 0.15) is 24.2 Å². The van der Waals surface area contributed by atoms with Gasteiger partial charge in [-0.1, -0.05) is 12.1 Å². The maximum atomic E-state index is 12.8. The summed E-state index contributed by atoms with van der Waals surface area (Å²) in [4.78, 5) is 24.7. The fourth-order valence-electron chi connectivity index (χ4n) is 2.63. The normalized spacial score (nSPS) is 10.5. The smallest absolute Gasteiger partial charge is 0.337 e. The minimum atomic E-state index is -0.602. The van der Waals surface area contributed by atoms with Crippen molar-refractivity contribution in [3.8, 4) is 11.5 Å². The zero-order chi connectivity index (χ0) is 18.5. The van der Waals surface area contributed by atoms with Gasteiger partial charge in [-0.05, 0) is 38.1 Å². The Labute approximate surface area is 150 Å². The molecule has 1 heterocycles. The molecule has 0 radical (unpaired) electrons. The molecule has 0 saturated carbocycles. The summed E-state index contributed by atoms with van der Waals surface area (Å²) in [6, 6.07) is 13.3. The Morgan fingerprint density at radius 2 is 1.81 bits per heavy atom. The number of rotatable bonds is 6. The third-order valence-electron chi connectivity index (χ3n) is 3.71. The van der Waals surface area contributed by atoms with Crippen LogP contribution in [0.25, 0.3) is 11.0 Å². The number of carbonyl (C=O) groups excluding carboxylic acids is 1. The van der Waals surface area contributed by atoms with Crippen molar-refractivity contribution < 1.29 is 18.7 Å². The van der Waals surface area contributed by atoms with E-state index in [2.05, 4.69) is 5.32 Å². The average molecular weight is 353 g/mol. The number of carbonyl (C=O) groups is 1. The maximum absolute atomic E-state index is 12.8. The summed E-state index contributed by atoms with van der Waals surface area (Å²) < 4.78 is 16.1. The van der Waals surface area contributed by atoms with Crippen molar-refractivity contribution in [2.24, 2.45) is 0 Å². The predicted octanol–water partition coefficient (Wildman–Crippen LogP) is 3.84. The van der Waals surface area contributed by atoms with E-state index in [1.165, 1.54) is 6.07 Å². The molecule has 1 amide bonds. The van der Waals surface area contributed by atoms with Crippen molar-refractivity contribution >= 4 is 22.6 Å². The summed E-state index contributed by atoms with van der Waals surface area (Å²) in [6.45, 7) is 4.69. The minimum Gasteiger partial charge on any atom is -0.494 e. The lowest BCUT2D eigenvalue weighted by molar-refractivity contribution is 0.102. The first kappa shape index (κ1) is 17.5. The van der Waals surface area contributed by atoms with Crippen LogP contribution in [0, 0.1) is 0 Å². The Hall–Kier alpha value is -3.28. The molecule has 0 aliphatic rings. The number of para-hydroxylation sites is 2. The molecule has 1 aromatic heterocycles. The first-order valence-corrected chi connectivity index (χ1v) is 8.36. The molecule has 0 fully saturated rings. The topological polar surface area (TPSA) is 77.8 Å². The number of fused-ring (bicyclic) bond motifs is 1. The van der Waals surface area contributed by atoms with E-state index in [1.807, 2.05) is 19.9 Å². The second-order valence-corrected chi connectivity index (χ2v) is 5.45. The SMILES string of the molecule is CCOc1ccc2c(C(=O)Nc3ccccc3OCC)cc(=O)oc2c1. The second kappa shape index (κ2) is 7.74. The number of hydrogen-bond donors (Lipinski definition) is 1. The summed E-state index contributed by atoms with van der Waals surface area (Å²) in [5.74, 6) is 0.718. The number of ether oxygens (including phenoxy) is 2. The van der Waals surface area contributed by atoms with E-state index in [9.17, 15) is 9.59 Å². The van der Waals surface area contributed by atoms with E-state index < -0.39 is 11.5 Å². The molecule has 6 heteroatoms. The standard InChI is InChI=1S/C20H19NO5/c1-3-24-13-9-10-14-15(12-19(22)26-18(14)11-13)20(23)21-16-7-5-6-8-17(16)25-4-2/h5-12H,3-4H2,1-2H3,(H,21,23). The van der Waals surface area contributed by atoms with Crippen molar-refractivity contribution in [3.05, 3.63) is 64.5 Å². The highest BCUT2D eigenvalue weighted by Gasteiger charge is 2.15. The van der Waals surface area contributed by atoms with Crippen molar-refractivity contribution in [1.29, 1.82) is 0 Å². The van der Waals surface area contributed by atoms with E-state index in [4.69, 9.17) is 13.9 Å². The van der Waals surface area contributed by atoms with Crippen LogP contribution in [0.2, 0.25) is 0 Å². The minimum absolute atomic E-state index is 0.227. The summed E-state index contributed by atoms with van der Waals surface area (Å²) in [5, 5.41) is 3.32. The van der Waals surface area contributed by atoms with Crippen molar-refractivity contribution in [2.75, 3.05) is 18.5 Å². The van der Waals surface area contributed by atoms with Crippen molar-refractivity contribution in [3.63, 3.8) is 0 Å². The highest BCUT2D eigenvalue weighted by atomic mass is 16.5. The molecule has 26 heavy (non-hydrogen) atoms. The van der Waals surface area contributed by atoms with Gasteiger partial charge >= 0.3 is 5.63 Å². The van der Waals surface area contributed by atoms with E-state index in [-0.39, 0.29) is 5.56 Å². The molecule has 1 N–H and O–H groups in total. The molecule has 2 aromatic carbocycles. The maximum Gasteiger partial charge on any atom is 0.337 e. The van der Waals surface area contributed by atoms with Crippen LogP contribution in [0.5, 0.6) is 11.5 Å². The first-order valence-electron chi connectivity index (χ1n) is 8.36. The Kier molecular flexibility index (Phi) is 5.22. The number of benzene rings is 2. The molecular formula is C20H19NO5. The Bertz CT molecular complexity index is 993. The lowest BCUT2D eigenvalue weighted by Gasteiger charge is -2.12. The van der Waals surface area contributed by atoms with Gasteiger partial charge in [-0.2, -0.15) is 0 Å². The summed E-state index contributed by atoms with van der Waals surface area (Å²) in [5.41, 5.74) is 0.457. The van der Waals surface area contributed by atoms with E-state index in [1.54, 1.807) is 36.4 Å². The van der Waals surface area contributed by atoms with Gasteiger partial charge in [0.05, 0.1) is 24.5 Å². The highest BCUT2D eigenvalue weighted by Crippen LogP contribution is 2.26. The zero-order valence-electron chi connectivity index (χ0n) is 14.6. The van der Waals surface area contributed by atoms with Crippen molar-refractivity contribution in [1.82, 2.24) is 0 Å². The summed E-state index contributed by atoms with van der Waals surface area (Å²) in [7, 11) is 0. The molecule has 0 bridgehead atoms. The van der Waals surface area contributed by atoms with Gasteiger partial charge in [-0.3, -0.25) is 4.79 Å². The third-order valence-corrected chi connectivity index (χ3v) is 3.71.